The summed E-state index contributed by atoms with van der Waals surface area (Å²) in [4.78, 5) is 17.9. The number of hydrogen-bond donors (Lipinski definition) is 1. The first-order valence-corrected chi connectivity index (χ1v) is 12.2. The van der Waals surface area contributed by atoms with E-state index in [4.69, 9.17) is 9.73 Å². The van der Waals surface area contributed by atoms with Crippen molar-refractivity contribution in [2.24, 2.45) is 10.9 Å². The number of benzene rings is 3. The topological polar surface area (TPSA) is 81.4 Å². The van der Waals surface area contributed by atoms with Gasteiger partial charge in [-0.1, -0.05) is 80.6 Å². The maximum Gasteiger partial charge on any atom is 0.409 e. The molecule has 1 aliphatic heterocycles. The fourth-order valence-corrected chi connectivity index (χ4v) is 4.48. The lowest BCUT2D eigenvalue weighted by molar-refractivity contribution is 0.135. The molecular formula is C29H29N5O2. The Morgan fingerprint density at radius 2 is 1.69 bits per heavy atom. The van der Waals surface area contributed by atoms with Gasteiger partial charge >= 0.3 is 6.09 Å². The second-order valence-corrected chi connectivity index (χ2v) is 9.34. The Bertz CT molecular complexity index is 1390. The first-order valence-electron chi connectivity index (χ1n) is 12.2. The summed E-state index contributed by atoms with van der Waals surface area (Å²) in [5.41, 5.74) is 5.80. The third kappa shape index (κ3) is 4.91. The van der Waals surface area contributed by atoms with Gasteiger partial charge in [-0.3, -0.25) is 14.9 Å². The lowest BCUT2D eigenvalue weighted by atomic mass is 9.95. The van der Waals surface area contributed by atoms with Crippen molar-refractivity contribution in [1.29, 1.82) is 0 Å². The number of fused-ring (bicyclic) bond motifs is 3. The first kappa shape index (κ1) is 23.5. The summed E-state index contributed by atoms with van der Waals surface area (Å²) < 4.78 is 7.47. The standard InChI is InChI=1S/C29H29N5O2/c1-19(2)16-22-14-15-25-24(17-22)26(23-12-8-5-9-13-23)30-27(28-33-32-20(3)34(25)28)31-29(35)36-18-21-10-6-4-7-11-21/h4-15,17,19,27H,16,18H2,1-3H3,(H,31,35). The molecule has 1 aliphatic rings. The SMILES string of the molecule is Cc1nnc2n1-c1ccc(CC(C)C)cc1C(c1ccccc1)=NC2NC(=O)OCc1ccccc1. The van der Waals surface area contributed by atoms with Gasteiger partial charge in [-0.2, -0.15) is 0 Å². The molecule has 0 fully saturated rings. The maximum absolute atomic E-state index is 12.8. The second kappa shape index (κ2) is 10.2. The van der Waals surface area contributed by atoms with Gasteiger partial charge in [0, 0.05) is 11.1 Å². The molecule has 182 valence electrons. The lowest BCUT2D eigenvalue weighted by Gasteiger charge is -2.15. The van der Waals surface area contributed by atoms with Crippen molar-refractivity contribution in [3.8, 4) is 5.69 Å². The fraction of sp³-hybridized carbons (Fsp3) is 0.241. The van der Waals surface area contributed by atoms with Crippen LogP contribution in [0.4, 0.5) is 4.79 Å². The smallest absolute Gasteiger partial charge is 0.409 e. The summed E-state index contributed by atoms with van der Waals surface area (Å²) in [5, 5.41) is 11.6. The number of hydrogen-bond acceptors (Lipinski definition) is 5. The van der Waals surface area contributed by atoms with Crippen LogP contribution in [0, 0.1) is 12.8 Å². The molecule has 7 nitrogen and oxygen atoms in total. The Kier molecular flexibility index (Phi) is 6.62. The minimum Gasteiger partial charge on any atom is -0.445 e. The molecule has 0 bridgehead atoms. The Morgan fingerprint density at radius 1 is 0.972 bits per heavy atom. The van der Waals surface area contributed by atoms with Crippen molar-refractivity contribution in [3.05, 3.63) is 113 Å². The Hall–Kier alpha value is -4.26. The van der Waals surface area contributed by atoms with Crippen LogP contribution in [0.3, 0.4) is 0 Å². The van der Waals surface area contributed by atoms with E-state index in [0.717, 1.165) is 40.3 Å². The monoisotopic (exact) mass is 479 g/mol. The fourth-order valence-electron chi connectivity index (χ4n) is 4.48. The number of alkyl carbamates (subject to hydrolysis) is 1. The Labute approximate surface area is 210 Å². The van der Waals surface area contributed by atoms with E-state index >= 15 is 0 Å². The summed E-state index contributed by atoms with van der Waals surface area (Å²) in [6.07, 6.45) is -0.388. The molecule has 5 rings (SSSR count). The average Bonchev–Trinajstić information content (AvgIpc) is 3.20. The summed E-state index contributed by atoms with van der Waals surface area (Å²) in [6, 6.07) is 26.0. The molecule has 1 N–H and O–H groups in total. The number of aliphatic imine (C=N–C) groups is 1. The van der Waals surface area contributed by atoms with E-state index in [-0.39, 0.29) is 6.61 Å². The lowest BCUT2D eigenvalue weighted by Crippen LogP contribution is -2.30. The van der Waals surface area contributed by atoms with E-state index in [9.17, 15) is 4.79 Å². The molecule has 7 heteroatoms. The molecule has 1 unspecified atom stereocenters. The predicted molar refractivity (Wildman–Crippen MR) is 139 cm³/mol. The third-order valence-corrected chi connectivity index (χ3v) is 6.07. The molecule has 1 atom stereocenters. The van der Waals surface area contributed by atoms with Crippen molar-refractivity contribution in [2.75, 3.05) is 0 Å². The zero-order valence-electron chi connectivity index (χ0n) is 20.7. The van der Waals surface area contributed by atoms with E-state index in [1.54, 1.807) is 0 Å². The Morgan fingerprint density at radius 3 is 2.42 bits per heavy atom. The Balaban J connectivity index is 1.56. The molecule has 0 saturated carbocycles. The van der Waals surface area contributed by atoms with E-state index in [1.165, 1.54) is 5.56 Å². The van der Waals surface area contributed by atoms with Gasteiger partial charge in [0.15, 0.2) is 12.0 Å². The van der Waals surface area contributed by atoms with Crippen molar-refractivity contribution in [3.63, 3.8) is 0 Å². The van der Waals surface area contributed by atoms with E-state index < -0.39 is 12.3 Å². The molecular weight excluding hydrogens is 450 g/mol. The highest BCUT2D eigenvalue weighted by Crippen LogP contribution is 2.31. The van der Waals surface area contributed by atoms with E-state index in [0.29, 0.717) is 11.7 Å². The van der Waals surface area contributed by atoms with Gasteiger partial charge < -0.3 is 4.74 Å². The molecule has 1 aromatic heterocycles. The quantitative estimate of drug-likeness (QED) is 0.393. The van der Waals surface area contributed by atoms with Gasteiger partial charge in [0.2, 0.25) is 0 Å². The van der Waals surface area contributed by atoms with Gasteiger partial charge in [-0.15, -0.1) is 10.2 Å². The molecule has 3 aromatic carbocycles. The number of nitrogens with one attached hydrogen (secondary N) is 1. The highest BCUT2D eigenvalue weighted by molar-refractivity contribution is 6.15. The largest absolute Gasteiger partial charge is 0.445 e. The van der Waals surface area contributed by atoms with Crippen molar-refractivity contribution in [1.82, 2.24) is 20.1 Å². The van der Waals surface area contributed by atoms with Gasteiger partial charge in [-0.05, 0) is 42.5 Å². The summed E-state index contributed by atoms with van der Waals surface area (Å²) in [6.45, 7) is 6.49. The van der Waals surface area contributed by atoms with E-state index in [1.807, 2.05) is 72.2 Å². The number of amides is 1. The number of ether oxygens (including phenoxy) is 1. The number of rotatable bonds is 6. The highest BCUT2D eigenvalue weighted by Gasteiger charge is 2.29. The summed E-state index contributed by atoms with van der Waals surface area (Å²) in [7, 11) is 0. The molecule has 36 heavy (non-hydrogen) atoms. The number of aromatic nitrogens is 3. The van der Waals surface area contributed by atoms with Crippen LogP contribution in [-0.2, 0) is 17.8 Å². The maximum atomic E-state index is 12.8. The molecule has 0 spiro atoms. The minimum atomic E-state index is -0.773. The summed E-state index contributed by atoms with van der Waals surface area (Å²) >= 11 is 0. The molecule has 0 radical (unpaired) electrons. The number of aryl methyl sites for hydroxylation is 1. The molecule has 0 saturated heterocycles. The number of carbonyl (C=O) groups is 1. The van der Waals surface area contributed by atoms with Gasteiger partial charge in [0.25, 0.3) is 0 Å². The zero-order valence-corrected chi connectivity index (χ0v) is 20.7. The normalized spacial score (nSPS) is 14.4. The molecule has 0 aliphatic carbocycles. The minimum absolute atomic E-state index is 0.166. The van der Waals surface area contributed by atoms with Crippen LogP contribution in [0.15, 0.2) is 83.9 Å². The van der Waals surface area contributed by atoms with Crippen molar-refractivity contribution < 1.29 is 9.53 Å². The van der Waals surface area contributed by atoms with Crippen LogP contribution in [0.25, 0.3) is 5.69 Å². The number of carbonyl (C=O) groups excluding carboxylic acids is 1. The van der Waals surface area contributed by atoms with Crippen LogP contribution in [-0.4, -0.2) is 26.6 Å². The molecule has 4 aromatic rings. The van der Waals surface area contributed by atoms with Crippen LogP contribution in [0.5, 0.6) is 0 Å². The van der Waals surface area contributed by atoms with Gasteiger partial charge in [-0.25, -0.2) is 4.79 Å². The highest BCUT2D eigenvalue weighted by atomic mass is 16.5. The molecule has 1 amide bonds. The van der Waals surface area contributed by atoms with Gasteiger partial charge in [0.05, 0.1) is 11.4 Å². The first-order chi connectivity index (χ1) is 17.5. The van der Waals surface area contributed by atoms with Crippen LogP contribution >= 0.6 is 0 Å². The summed E-state index contributed by atoms with van der Waals surface area (Å²) in [5.74, 6) is 1.77. The average molecular weight is 480 g/mol. The van der Waals surface area contributed by atoms with Crippen LogP contribution in [0.1, 0.15) is 53.9 Å². The van der Waals surface area contributed by atoms with Crippen molar-refractivity contribution in [2.45, 2.75) is 40.0 Å². The van der Waals surface area contributed by atoms with Crippen LogP contribution < -0.4 is 5.32 Å². The predicted octanol–water partition coefficient (Wildman–Crippen LogP) is 5.55. The molecule has 2 heterocycles. The van der Waals surface area contributed by atoms with Crippen molar-refractivity contribution >= 4 is 11.8 Å². The zero-order chi connectivity index (χ0) is 25.1. The van der Waals surface area contributed by atoms with E-state index in [2.05, 4.69) is 47.6 Å². The van der Waals surface area contributed by atoms with Gasteiger partial charge in [0.1, 0.15) is 12.4 Å². The van der Waals surface area contributed by atoms with Crippen LogP contribution in [0.2, 0.25) is 0 Å². The third-order valence-electron chi connectivity index (χ3n) is 6.07. The number of nitrogens with zero attached hydrogens (tertiary/aromatic N) is 4. The second-order valence-electron chi connectivity index (χ2n) is 9.34.